The Hall–Kier alpha value is -0.0800. The largest absolute Gasteiger partial charge is 0.372 e. The van der Waals surface area contributed by atoms with Crippen molar-refractivity contribution in [2.75, 3.05) is 26.2 Å². The average Bonchev–Trinajstić information content (AvgIpc) is 2.94. The molecule has 2 heteroatoms. The smallest absolute Gasteiger partial charge is 0.0936 e. The first kappa shape index (κ1) is 11.0. The summed E-state index contributed by atoms with van der Waals surface area (Å²) in [5.41, 5.74) is 0. The van der Waals surface area contributed by atoms with Gasteiger partial charge in [-0.1, -0.05) is 33.1 Å². The minimum Gasteiger partial charge on any atom is -0.372 e. The fourth-order valence-corrected chi connectivity index (χ4v) is 1.60. The molecule has 1 fully saturated rings. The van der Waals surface area contributed by atoms with Crippen LogP contribution in [-0.4, -0.2) is 37.2 Å². The third-order valence-corrected chi connectivity index (χ3v) is 2.64. The Morgan fingerprint density at radius 2 is 2.00 bits per heavy atom. The zero-order valence-corrected chi connectivity index (χ0v) is 9.09. The quantitative estimate of drug-likeness (QED) is 0.426. The SMILES string of the molecule is CCCCCCN(CC)CC1CO1. The van der Waals surface area contributed by atoms with Crippen LogP contribution >= 0.6 is 0 Å². The highest BCUT2D eigenvalue weighted by Gasteiger charge is 2.24. The van der Waals surface area contributed by atoms with Crippen LogP contribution in [-0.2, 0) is 4.74 Å². The summed E-state index contributed by atoms with van der Waals surface area (Å²) < 4.78 is 5.23. The topological polar surface area (TPSA) is 15.8 Å². The maximum atomic E-state index is 5.23. The Morgan fingerprint density at radius 1 is 1.23 bits per heavy atom. The van der Waals surface area contributed by atoms with E-state index in [-0.39, 0.29) is 0 Å². The maximum absolute atomic E-state index is 5.23. The second-order valence-electron chi connectivity index (χ2n) is 3.91. The first-order valence-electron chi connectivity index (χ1n) is 5.70. The summed E-state index contributed by atoms with van der Waals surface area (Å²) >= 11 is 0. The molecule has 1 unspecified atom stereocenters. The molecular weight excluding hydrogens is 162 g/mol. The molecule has 1 saturated heterocycles. The van der Waals surface area contributed by atoms with Crippen LogP contribution in [0.1, 0.15) is 39.5 Å². The lowest BCUT2D eigenvalue weighted by atomic mass is 10.2. The molecule has 0 aromatic carbocycles. The van der Waals surface area contributed by atoms with E-state index in [0.717, 1.165) is 13.2 Å². The molecule has 78 valence electrons. The van der Waals surface area contributed by atoms with Gasteiger partial charge in [0.05, 0.1) is 12.7 Å². The summed E-state index contributed by atoms with van der Waals surface area (Å²) in [4.78, 5) is 2.51. The summed E-state index contributed by atoms with van der Waals surface area (Å²) in [5.74, 6) is 0. The van der Waals surface area contributed by atoms with Crippen LogP contribution < -0.4 is 0 Å². The van der Waals surface area contributed by atoms with Crippen LogP contribution in [0.25, 0.3) is 0 Å². The summed E-state index contributed by atoms with van der Waals surface area (Å²) in [7, 11) is 0. The van der Waals surface area contributed by atoms with Crippen LogP contribution in [0.4, 0.5) is 0 Å². The van der Waals surface area contributed by atoms with Gasteiger partial charge in [0.25, 0.3) is 0 Å². The molecule has 1 rings (SSSR count). The van der Waals surface area contributed by atoms with Crippen LogP contribution in [0.2, 0.25) is 0 Å². The van der Waals surface area contributed by atoms with E-state index in [1.54, 1.807) is 0 Å². The highest BCUT2D eigenvalue weighted by atomic mass is 16.6. The van der Waals surface area contributed by atoms with E-state index >= 15 is 0 Å². The van der Waals surface area contributed by atoms with E-state index in [4.69, 9.17) is 4.74 Å². The maximum Gasteiger partial charge on any atom is 0.0936 e. The normalized spacial score (nSPS) is 21.0. The minimum absolute atomic E-state index is 0.561. The minimum atomic E-state index is 0.561. The van der Waals surface area contributed by atoms with E-state index in [1.165, 1.54) is 38.8 Å². The highest BCUT2D eigenvalue weighted by molar-refractivity contribution is 4.73. The van der Waals surface area contributed by atoms with Gasteiger partial charge < -0.3 is 9.64 Å². The van der Waals surface area contributed by atoms with E-state index < -0.39 is 0 Å². The Labute approximate surface area is 82.3 Å². The molecule has 0 N–H and O–H groups in total. The van der Waals surface area contributed by atoms with Gasteiger partial charge in [-0.3, -0.25) is 0 Å². The molecule has 2 nitrogen and oxygen atoms in total. The van der Waals surface area contributed by atoms with Crippen molar-refractivity contribution in [3.63, 3.8) is 0 Å². The molecule has 13 heavy (non-hydrogen) atoms. The van der Waals surface area contributed by atoms with E-state index in [1.807, 2.05) is 0 Å². The zero-order chi connectivity index (χ0) is 9.52. The number of rotatable bonds is 8. The lowest BCUT2D eigenvalue weighted by Gasteiger charge is -2.18. The second kappa shape index (κ2) is 6.39. The lowest BCUT2D eigenvalue weighted by molar-refractivity contribution is 0.247. The van der Waals surface area contributed by atoms with E-state index in [2.05, 4.69) is 18.7 Å². The Bertz CT molecular complexity index is 123. The Kier molecular flexibility index (Phi) is 5.40. The first-order chi connectivity index (χ1) is 6.36. The summed E-state index contributed by atoms with van der Waals surface area (Å²) in [6.07, 6.45) is 6.02. The second-order valence-corrected chi connectivity index (χ2v) is 3.91. The van der Waals surface area contributed by atoms with Crippen molar-refractivity contribution >= 4 is 0 Å². The highest BCUT2D eigenvalue weighted by Crippen LogP contribution is 2.11. The number of hydrogen-bond acceptors (Lipinski definition) is 2. The molecule has 1 heterocycles. The number of epoxide rings is 1. The molecule has 0 spiro atoms. The Balaban J connectivity index is 1.94. The third-order valence-electron chi connectivity index (χ3n) is 2.64. The van der Waals surface area contributed by atoms with Gasteiger partial charge in [-0.15, -0.1) is 0 Å². The summed E-state index contributed by atoms with van der Waals surface area (Å²) in [5, 5.41) is 0. The number of likely N-dealkylation sites (N-methyl/N-ethyl adjacent to an activating group) is 1. The van der Waals surface area contributed by atoms with Crippen molar-refractivity contribution in [1.29, 1.82) is 0 Å². The predicted molar refractivity (Wildman–Crippen MR) is 56.0 cm³/mol. The third kappa shape index (κ3) is 5.27. The molecule has 0 amide bonds. The van der Waals surface area contributed by atoms with Gasteiger partial charge in [-0.2, -0.15) is 0 Å². The van der Waals surface area contributed by atoms with Crippen molar-refractivity contribution in [2.24, 2.45) is 0 Å². The van der Waals surface area contributed by atoms with E-state index in [0.29, 0.717) is 6.10 Å². The molecule has 0 radical (unpaired) electrons. The van der Waals surface area contributed by atoms with Gasteiger partial charge in [0.1, 0.15) is 0 Å². The number of nitrogens with zero attached hydrogens (tertiary/aromatic N) is 1. The predicted octanol–water partition coefficient (Wildman–Crippen LogP) is 2.29. The van der Waals surface area contributed by atoms with Crippen molar-refractivity contribution < 1.29 is 4.74 Å². The summed E-state index contributed by atoms with van der Waals surface area (Å²) in [6.45, 7) is 9.08. The van der Waals surface area contributed by atoms with Crippen LogP contribution in [0.5, 0.6) is 0 Å². The van der Waals surface area contributed by atoms with Gasteiger partial charge in [0.2, 0.25) is 0 Å². The fourth-order valence-electron chi connectivity index (χ4n) is 1.60. The van der Waals surface area contributed by atoms with Crippen molar-refractivity contribution in [2.45, 2.75) is 45.6 Å². The molecule has 0 saturated carbocycles. The van der Waals surface area contributed by atoms with E-state index in [9.17, 15) is 0 Å². The molecule has 0 aliphatic carbocycles. The van der Waals surface area contributed by atoms with Crippen molar-refractivity contribution in [3.8, 4) is 0 Å². The van der Waals surface area contributed by atoms with Gasteiger partial charge in [-0.25, -0.2) is 0 Å². The molecule has 0 aromatic rings. The van der Waals surface area contributed by atoms with Gasteiger partial charge in [0.15, 0.2) is 0 Å². The van der Waals surface area contributed by atoms with Crippen LogP contribution in [0, 0.1) is 0 Å². The molecule has 1 atom stereocenters. The van der Waals surface area contributed by atoms with Crippen molar-refractivity contribution in [1.82, 2.24) is 4.90 Å². The number of hydrogen-bond donors (Lipinski definition) is 0. The molecule has 1 aliphatic heterocycles. The fraction of sp³-hybridized carbons (Fsp3) is 1.00. The molecule has 0 bridgehead atoms. The number of ether oxygens (including phenoxy) is 1. The Morgan fingerprint density at radius 3 is 2.54 bits per heavy atom. The summed E-state index contributed by atoms with van der Waals surface area (Å²) in [6, 6.07) is 0. The molecular formula is C11H23NO. The first-order valence-corrected chi connectivity index (χ1v) is 5.70. The van der Waals surface area contributed by atoms with Gasteiger partial charge in [0, 0.05) is 6.54 Å². The van der Waals surface area contributed by atoms with Gasteiger partial charge >= 0.3 is 0 Å². The molecule has 0 aromatic heterocycles. The van der Waals surface area contributed by atoms with Crippen LogP contribution in [0.3, 0.4) is 0 Å². The monoisotopic (exact) mass is 185 g/mol. The zero-order valence-electron chi connectivity index (χ0n) is 9.09. The van der Waals surface area contributed by atoms with Gasteiger partial charge in [-0.05, 0) is 19.5 Å². The lowest BCUT2D eigenvalue weighted by Crippen LogP contribution is -2.28. The number of unbranched alkanes of at least 4 members (excludes halogenated alkanes) is 3. The average molecular weight is 185 g/mol. The van der Waals surface area contributed by atoms with Crippen LogP contribution in [0.15, 0.2) is 0 Å². The van der Waals surface area contributed by atoms with Crippen molar-refractivity contribution in [3.05, 3.63) is 0 Å². The molecule has 1 aliphatic rings. The standard InChI is InChI=1S/C11H23NO/c1-3-5-6-7-8-12(4-2)9-11-10-13-11/h11H,3-10H2,1-2H3.